The summed E-state index contributed by atoms with van der Waals surface area (Å²) in [5, 5.41) is 3.05. The van der Waals surface area contributed by atoms with Crippen LogP contribution in [0.15, 0.2) is 54.6 Å². The molecule has 3 nitrogen and oxygen atoms in total. The summed E-state index contributed by atoms with van der Waals surface area (Å²) in [5.41, 5.74) is 3.42. The molecule has 0 saturated carbocycles. The normalized spacial score (nSPS) is 12.2. The Labute approximate surface area is 145 Å². The molecule has 0 radical (unpaired) electrons. The molecule has 1 atom stereocenters. The van der Waals surface area contributed by atoms with Gasteiger partial charge in [0.1, 0.15) is 0 Å². The molecule has 0 aliphatic rings. The minimum Gasteiger partial charge on any atom is -0.354 e. The standard InChI is InChI=1S/C21H28N2O/c1-4-23(5-2)16-15-22-21(24)17(3)18-11-13-20(14-12-18)19-9-7-6-8-10-19/h6-14,17H,4-5,15-16H2,1-3H3,(H,22,24). The average molecular weight is 324 g/mol. The van der Waals surface area contributed by atoms with Crippen molar-refractivity contribution in [2.24, 2.45) is 0 Å². The summed E-state index contributed by atoms with van der Waals surface area (Å²) in [6.45, 7) is 9.88. The van der Waals surface area contributed by atoms with Crippen molar-refractivity contribution in [1.29, 1.82) is 0 Å². The number of hydrogen-bond acceptors (Lipinski definition) is 2. The lowest BCUT2D eigenvalue weighted by Gasteiger charge is -2.19. The van der Waals surface area contributed by atoms with Gasteiger partial charge >= 0.3 is 0 Å². The molecule has 24 heavy (non-hydrogen) atoms. The van der Waals surface area contributed by atoms with E-state index in [-0.39, 0.29) is 11.8 Å². The van der Waals surface area contributed by atoms with E-state index in [0.717, 1.165) is 25.2 Å². The van der Waals surface area contributed by atoms with Crippen molar-refractivity contribution in [2.45, 2.75) is 26.7 Å². The van der Waals surface area contributed by atoms with Crippen molar-refractivity contribution >= 4 is 5.91 Å². The van der Waals surface area contributed by atoms with Crippen LogP contribution < -0.4 is 5.32 Å². The van der Waals surface area contributed by atoms with Crippen molar-refractivity contribution < 1.29 is 4.79 Å². The third kappa shape index (κ3) is 4.93. The number of benzene rings is 2. The Balaban J connectivity index is 1.92. The Hall–Kier alpha value is -2.13. The van der Waals surface area contributed by atoms with Gasteiger partial charge in [-0.2, -0.15) is 0 Å². The van der Waals surface area contributed by atoms with Gasteiger partial charge in [-0.15, -0.1) is 0 Å². The molecule has 0 spiro atoms. The van der Waals surface area contributed by atoms with Crippen LogP contribution in [0.1, 0.15) is 32.3 Å². The molecule has 128 valence electrons. The Bertz CT molecular complexity index is 618. The van der Waals surface area contributed by atoms with Crippen LogP contribution in [0.5, 0.6) is 0 Å². The van der Waals surface area contributed by atoms with Crippen LogP contribution in [0.2, 0.25) is 0 Å². The second-order valence-corrected chi connectivity index (χ2v) is 6.03. The van der Waals surface area contributed by atoms with E-state index in [1.165, 1.54) is 11.1 Å². The molecule has 0 aliphatic carbocycles. The lowest BCUT2D eigenvalue weighted by Crippen LogP contribution is -2.36. The van der Waals surface area contributed by atoms with Crippen LogP contribution in [0.4, 0.5) is 0 Å². The van der Waals surface area contributed by atoms with Gasteiger partial charge in [0.05, 0.1) is 5.92 Å². The van der Waals surface area contributed by atoms with Crippen LogP contribution >= 0.6 is 0 Å². The molecule has 0 aromatic heterocycles. The van der Waals surface area contributed by atoms with Crippen LogP contribution in [0, 0.1) is 0 Å². The predicted molar refractivity (Wildman–Crippen MR) is 101 cm³/mol. The quantitative estimate of drug-likeness (QED) is 0.798. The summed E-state index contributed by atoms with van der Waals surface area (Å²) in [7, 11) is 0. The fourth-order valence-electron chi connectivity index (χ4n) is 2.78. The maximum Gasteiger partial charge on any atom is 0.227 e. The SMILES string of the molecule is CCN(CC)CCNC(=O)C(C)c1ccc(-c2ccccc2)cc1. The van der Waals surface area contributed by atoms with Gasteiger partial charge < -0.3 is 10.2 Å². The number of nitrogens with zero attached hydrogens (tertiary/aromatic N) is 1. The highest BCUT2D eigenvalue weighted by Gasteiger charge is 2.15. The maximum atomic E-state index is 12.3. The summed E-state index contributed by atoms with van der Waals surface area (Å²) >= 11 is 0. The molecule has 1 unspecified atom stereocenters. The minimum atomic E-state index is -0.133. The fraction of sp³-hybridized carbons (Fsp3) is 0.381. The van der Waals surface area contributed by atoms with E-state index in [1.807, 2.05) is 25.1 Å². The van der Waals surface area contributed by atoms with Crippen LogP contribution in [0.3, 0.4) is 0 Å². The van der Waals surface area contributed by atoms with Gasteiger partial charge in [-0.1, -0.05) is 68.4 Å². The van der Waals surface area contributed by atoms with E-state index in [1.54, 1.807) is 0 Å². The Morgan fingerprint density at radius 1 is 0.958 bits per heavy atom. The maximum absolute atomic E-state index is 12.3. The van der Waals surface area contributed by atoms with E-state index in [4.69, 9.17) is 0 Å². The fourth-order valence-corrected chi connectivity index (χ4v) is 2.78. The number of hydrogen-bond donors (Lipinski definition) is 1. The van der Waals surface area contributed by atoms with Crippen molar-refractivity contribution in [2.75, 3.05) is 26.2 Å². The smallest absolute Gasteiger partial charge is 0.227 e. The third-order valence-corrected chi connectivity index (χ3v) is 4.53. The predicted octanol–water partition coefficient (Wildman–Crippen LogP) is 3.92. The molecular weight excluding hydrogens is 296 g/mol. The topological polar surface area (TPSA) is 32.3 Å². The second kappa shape index (κ2) is 9.24. The van der Waals surface area contributed by atoms with Gasteiger partial charge in [0.2, 0.25) is 5.91 Å². The molecule has 2 aromatic rings. The Morgan fingerprint density at radius 3 is 2.12 bits per heavy atom. The Morgan fingerprint density at radius 2 is 1.54 bits per heavy atom. The van der Waals surface area contributed by atoms with Gasteiger partial charge in [0.15, 0.2) is 0 Å². The third-order valence-electron chi connectivity index (χ3n) is 4.53. The summed E-state index contributed by atoms with van der Waals surface area (Å²) in [6, 6.07) is 18.6. The van der Waals surface area contributed by atoms with E-state index in [2.05, 4.69) is 60.5 Å². The van der Waals surface area contributed by atoms with Gasteiger partial charge in [-0.3, -0.25) is 4.79 Å². The van der Waals surface area contributed by atoms with Gasteiger partial charge in [0, 0.05) is 13.1 Å². The van der Waals surface area contributed by atoms with E-state index < -0.39 is 0 Å². The lowest BCUT2D eigenvalue weighted by atomic mass is 9.97. The van der Waals surface area contributed by atoms with Gasteiger partial charge in [-0.05, 0) is 36.7 Å². The first-order chi connectivity index (χ1) is 11.7. The number of rotatable bonds is 8. The first-order valence-corrected chi connectivity index (χ1v) is 8.81. The first-order valence-electron chi connectivity index (χ1n) is 8.81. The summed E-state index contributed by atoms with van der Waals surface area (Å²) < 4.78 is 0. The zero-order chi connectivity index (χ0) is 17.4. The van der Waals surface area contributed by atoms with Crippen LogP contribution in [-0.2, 0) is 4.79 Å². The number of carbonyl (C=O) groups excluding carboxylic acids is 1. The van der Waals surface area contributed by atoms with Crippen molar-refractivity contribution in [3.05, 3.63) is 60.2 Å². The Kier molecular flexibility index (Phi) is 7.01. The minimum absolute atomic E-state index is 0.0922. The average Bonchev–Trinajstić information content (AvgIpc) is 2.65. The lowest BCUT2D eigenvalue weighted by molar-refractivity contribution is -0.122. The van der Waals surface area contributed by atoms with Crippen LogP contribution in [0.25, 0.3) is 11.1 Å². The van der Waals surface area contributed by atoms with Gasteiger partial charge in [0.25, 0.3) is 0 Å². The van der Waals surface area contributed by atoms with Crippen LogP contribution in [-0.4, -0.2) is 37.0 Å². The molecule has 2 rings (SSSR count). The van der Waals surface area contributed by atoms with Crippen molar-refractivity contribution in [3.8, 4) is 11.1 Å². The van der Waals surface area contributed by atoms with E-state index in [0.29, 0.717) is 6.54 Å². The summed E-state index contributed by atoms with van der Waals surface area (Å²) in [6.07, 6.45) is 0. The van der Waals surface area contributed by atoms with E-state index in [9.17, 15) is 4.79 Å². The molecule has 1 amide bonds. The molecule has 0 heterocycles. The molecule has 1 N–H and O–H groups in total. The molecule has 3 heteroatoms. The number of likely N-dealkylation sites (N-methyl/N-ethyl adjacent to an activating group) is 1. The van der Waals surface area contributed by atoms with Crippen molar-refractivity contribution in [3.63, 3.8) is 0 Å². The van der Waals surface area contributed by atoms with E-state index >= 15 is 0 Å². The highest BCUT2D eigenvalue weighted by Crippen LogP contribution is 2.22. The highest BCUT2D eigenvalue weighted by atomic mass is 16.1. The highest BCUT2D eigenvalue weighted by molar-refractivity contribution is 5.83. The first kappa shape index (κ1) is 18.2. The molecule has 0 bridgehead atoms. The molecular formula is C21H28N2O. The number of nitrogens with one attached hydrogen (secondary N) is 1. The zero-order valence-corrected chi connectivity index (χ0v) is 15.0. The summed E-state index contributed by atoms with van der Waals surface area (Å²) in [5.74, 6) is -0.0406. The number of carbonyl (C=O) groups is 1. The molecule has 2 aromatic carbocycles. The second-order valence-electron chi connectivity index (χ2n) is 6.03. The van der Waals surface area contributed by atoms with Crippen molar-refractivity contribution in [1.82, 2.24) is 10.2 Å². The largest absolute Gasteiger partial charge is 0.354 e. The monoisotopic (exact) mass is 324 g/mol. The molecule has 0 saturated heterocycles. The molecule has 0 aliphatic heterocycles. The molecule has 0 fully saturated rings. The van der Waals surface area contributed by atoms with Gasteiger partial charge in [-0.25, -0.2) is 0 Å². The zero-order valence-electron chi connectivity index (χ0n) is 15.0. The summed E-state index contributed by atoms with van der Waals surface area (Å²) in [4.78, 5) is 14.6. The number of amides is 1.